The van der Waals surface area contributed by atoms with E-state index in [0.29, 0.717) is 0 Å². The summed E-state index contributed by atoms with van der Waals surface area (Å²) in [6, 6.07) is 25.0. The quantitative estimate of drug-likeness (QED) is 0.271. The van der Waals surface area contributed by atoms with Gasteiger partial charge in [-0.25, -0.2) is 0 Å². The maximum Gasteiger partial charge on any atom is 0.143 e. The van der Waals surface area contributed by atoms with Crippen molar-refractivity contribution in [3.05, 3.63) is 81.7 Å². The molecule has 0 unspecified atom stereocenters. The number of hydrogen-bond donors (Lipinski definition) is 0. The average Bonchev–Trinajstić information content (AvgIpc) is 2.72. The summed E-state index contributed by atoms with van der Waals surface area (Å²) < 4.78 is 8.32. The van der Waals surface area contributed by atoms with Gasteiger partial charge < -0.3 is 9.64 Å². The van der Waals surface area contributed by atoms with E-state index in [1.165, 1.54) is 19.3 Å². The van der Waals surface area contributed by atoms with Gasteiger partial charge in [0.2, 0.25) is 0 Å². The van der Waals surface area contributed by atoms with E-state index in [0.717, 1.165) is 44.8 Å². The van der Waals surface area contributed by atoms with Crippen molar-refractivity contribution in [2.24, 2.45) is 0 Å². The van der Waals surface area contributed by atoms with Gasteiger partial charge in [0.25, 0.3) is 0 Å². The van der Waals surface area contributed by atoms with Gasteiger partial charge in [-0.3, -0.25) is 0 Å². The Morgan fingerprint density at radius 1 is 0.714 bits per heavy atom. The molecule has 4 heteroatoms. The second-order valence-corrected chi connectivity index (χ2v) is 8.50. The van der Waals surface area contributed by atoms with E-state index in [1.807, 2.05) is 6.07 Å². The molecule has 0 heterocycles. The topological polar surface area (TPSA) is 12.5 Å². The summed E-state index contributed by atoms with van der Waals surface area (Å²) in [4.78, 5) is 2.24. The minimum atomic E-state index is 0.742. The molecule has 0 aliphatic carbocycles. The van der Waals surface area contributed by atoms with Crippen LogP contribution in [-0.2, 0) is 0 Å². The molecule has 0 N–H and O–H groups in total. The molecule has 3 aromatic carbocycles. The number of anilines is 3. The zero-order chi connectivity index (χ0) is 19.8. The molecule has 0 spiro atoms. The van der Waals surface area contributed by atoms with Crippen LogP contribution >= 0.6 is 31.9 Å². The number of hydrogen-bond acceptors (Lipinski definition) is 2. The Kier molecular flexibility index (Phi) is 7.99. The molecule has 0 saturated carbocycles. The zero-order valence-corrected chi connectivity index (χ0v) is 19.2. The maximum absolute atomic E-state index is 6.19. The molecule has 28 heavy (non-hydrogen) atoms. The predicted octanol–water partition coefficient (Wildman–Crippen LogP) is 8.64. The van der Waals surface area contributed by atoms with E-state index in [4.69, 9.17) is 4.74 Å². The highest BCUT2D eigenvalue weighted by atomic mass is 79.9. The summed E-state index contributed by atoms with van der Waals surface area (Å²) in [5, 5.41) is 0. The second kappa shape index (κ2) is 10.7. The van der Waals surface area contributed by atoms with Crippen molar-refractivity contribution >= 4 is 48.9 Å². The summed E-state index contributed by atoms with van der Waals surface area (Å²) >= 11 is 7.07. The first-order chi connectivity index (χ1) is 13.7. The number of para-hydroxylation sites is 2. The Morgan fingerprint density at radius 2 is 1.29 bits per heavy atom. The number of benzene rings is 3. The lowest BCUT2D eigenvalue weighted by Gasteiger charge is -2.27. The van der Waals surface area contributed by atoms with Crippen molar-refractivity contribution in [2.45, 2.75) is 32.6 Å². The molecule has 0 amide bonds. The maximum atomic E-state index is 6.19. The molecule has 0 aliphatic heterocycles. The van der Waals surface area contributed by atoms with Gasteiger partial charge in [0.15, 0.2) is 0 Å². The average molecular weight is 503 g/mol. The van der Waals surface area contributed by atoms with Gasteiger partial charge in [-0.1, -0.05) is 70.2 Å². The van der Waals surface area contributed by atoms with Crippen molar-refractivity contribution in [3.63, 3.8) is 0 Å². The standard InChI is InChI=1S/C24H25Br2NO/c1-2-3-4-7-18-28-24-9-6-5-8-23(24)27(21-14-10-19(25)11-15-21)22-16-12-20(26)13-17-22/h5-6,8-17H,2-4,7,18H2,1H3. The number of ether oxygens (including phenoxy) is 1. The van der Waals surface area contributed by atoms with Crippen molar-refractivity contribution < 1.29 is 4.74 Å². The molecule has 0 radical (unpaired) electrons. The molecule has 0 saturated heterocycles. The highest BCUT2D eigenvalue weighted by Crippen LogP contribution is 2.40. The normalized spacial score (nSPS) is 10.7. The second-order valence-electron chi connectivity index (χ2n) is 6.67. The molecule has 0 aromatic heterocycles. The van der Waals surface area contributed by atoms with Crippen molar-refractivity contribution in [1.29, 1.82) is 0 Å². The summed E-state index contributed by atoms with van der Waals surface area (Å²) in [5.74, 6) is 0.907. The molecule has 0 fully saturated rings. The Hall–Kier alpha value is -1.78. The van der Waals surface area contributed by atoms with Gasteiger partial charge in [-0.15, -0.1) is 0 Å². The molecule has 0 bridgehead atoms. The Balaban J connectivity index is 1.94. The highest BCUT2D eigenvalue weighted by molar-refractivity contribution is 9.10. The molecule has 0 atom stereocenters. The summed E-state index contributed by atoms with van der Waals surface area (Å²) in [5.41, 5.74) is 3.22. The first-order valence-electron chi connectivity index (χ1n) is 9.72. The van der Waals surface area contributed by atoms with Crippen molar-refractivity contribution in [1.82, 2.24) is 0 Å². The van der Waals surface area contributed by atoms with Crippen LogP contribution in [0.5, 0.6) is 5.75 Å². The van der Waals surface area contributed by atoms with E-state index < -0.39 is 0 Å². The monoisotopic (exact) mass is 501 g/mol. The van der Waals surface area contributed by atoms with E-state index in [1.54, 1.807) is 0 Å². The number of nitrogens with zero attached hydrogens (tertiary/aromatic N) is 1. The van der Waals surface area contributed by atoms with Crippen LogP contribution < -0.4 is 9.64 Å². The molecule has 146 valence electrons. The SMILES string of the molecule is CCCCCCOc1ccccc1N(c1ccc(Br)cc1)c1ccc(Br)cc1. The molecular formula is C24H25Br2NO. The van der Waals surface area contributed by atoms with Crippen LogP contribution in [0, 0.1) is 0 Å². The first kappa shape index (κ1) is 20.9. The van der Waals surface area contributed by atoms with E-state index in [9.17, 15) is 0 Å². The number of rotatable bonds is 9. The first-order valence-corrected chi connectivity index (χ1v) is 11.3. The van der Waals surface area contributed by atoms with Gasteiger partial charge in [0, 0.05) is 20.3 Å². The van der Waals surface area contributed by atoms with Crippen molar-refractivity contribution in [3.8, 4) is 5.75 Å². The third-order valence-corrected chi connectivity index (χ3v) is 5.59. The smallest absolute Gasteiger partial charge is 0.143 e. The lowest BCUT2D eigenvalue weighted by molar-refractivity contribution is 0.306. The Bertz CT molecular complexity index is 817. The molecule has 2 nitrogen and oxygen atoms in total. The van der Waals surface area contributed by atoms with Crippen LogP contribution in [0.25, 0.3) is 0 Å². The van der Waals surface area contributed by atoms with Gasteiger partial charge in [0.05, 0.1) is 12.3 Å². The van der Waals surface area contributed by atoms with Crippen LogP contribution in [0.3, 0.4) is 0 Å². The minimum absolute atomic E-state index is 0.742. The van der Waals surface area contributed by atoms with Crippen molar-refractivity contribution in [2.75, 3.05) is 11.5 Å². The van der Waals surface area contributed by atoms with Crippen LogP contribution in [0.1, 0.15) is 32.6 Å². The van der Waals surface area contributed by atoms with Gasteiger partial charge in [-0.2, -0.15) is 0 Å². The summed E-state index contributed by atoms with van der Waals surface area (Å²) in [6.45, 7) is 2.97. The molecule has 3 aromatic rings. The van der Waals surface area contributed by atoms with E-state index >= 15 is 0 Å². The van der Waals surface area contributed by atoms with Crippen LogP contribution in [0.4, 0.5) is 17.1 Å². The lowest BCUT2D eigenvalue weighted by Crippen LogP contribution is -2.12. The molecule has 3 rings (SSSR count). The highest BCUT2D eigenvalue weighted by Gasteiger charge is 2.16. The Morgan fingerprint density at radius 3 is 1.86 bits per heavy atom. The fraction of sp³-hybridized carbons (Fsp3) is 0.250. The zero-order valence-electron chi connectivity index (χ0n) is 16.1. The lowest BCUT2D eigenvalue weighted by atomic mass is 10.2. The molecular weight excluding hydrogens is 478 g/mol. The van der Waals surface area contributed by atoms with Gasteiger partial charge in [0.1, 0.15) is 5.75 Å². The minimum Gasteiger partial charge on any atom is -0.491 e. The van der Waals surface area contributed by atoms with Crippen LogP contribution in [0.2, 0.25) is 0 Å². The van der Waals surface area contributed by atoms with E-state index in [2.05, 4.69) is 110 Å². The summed E-state index contributed by atoms with van der Waals surface area (Å²) in [7, 11) is 0. The van der Waals surface area contributed by atoms with Gasteiger partial charge in [-0.05, 0) is 67.1 Å². The number of halogens is 2. The van der Waals surface area contributed by atoms with E-state index in [-0.39, 0.29) is 0 Å². The summed E-state index contributed by atoms with van der Waals surface area (Å²) in [6.07, 6.45) is 4.78. The van der Waals surface area contributed by atoms with Gasteiger partial charge >= 0.3 is 0 Å². The van der Waals surface area contributed by atoms with Crippen LogP contribution in [-0.4, -0.2) is 6.61 Å². The predicted molar refractivity (Wildman–Crippen MR) is 126 cm³/mol. The van der Waals surface area contributed by atoms with Crippen LogP contribution in [0.15, 0.2) is 81.7 Å². The third kappa shape index (κ3) is 5.62. The third-order valence-electron chi connectivity index (χ3n) is 4.53. The number of unbranched alkanes of at least 4 members (excludes halogenated alkanes) is 3. The largest absolute Gasteiger partial charge is 0.491 e. The fourth-order valence-corrected chi connectivity index (χ4v) is 3.61. The molecule has 0 aliphatic rings. The fourth-order valence-electron chi connectivity index (χ4n) is 3.08. The Labute approximate surface area is 184 Å².